The van der Waals surface area contributed by atoms with E-state index in [9.17, 15) is 4.79 Å². The number of nitrogens with two attached hydrogens (primary N) is 1. The summed E-state index contributed by atoms with van der Waals surface area (Å²) in [5.74, 6) is -0.0651. The molecule has 2 rings (SSSR count). The molecule has 0 bridgehead atoms. The number of hydrogen-bond acceptors (Lipinski definition) is 5. The maximum absolute atomic E-state index is 10.9. The molecule has 2 aromatic rings. The average molecular weight is 302 g/mol. The van der Waals surface area contributed by atoms with Crippen LogP contribution in [0.15, 0.2) is 41.6 Å². The SMILES string of the molecule is Cc1nccnc1C(C)Nc1ccccc1SCC(N)=O. The maximum atomic E-state index is 10.9. The molecule has 5 nitrogen and oxygen atoms in total. The van der Waals surface area contributed by atoms with Gasteiger partial charge in [0.2, 0.25) is 5.91 Å². The number of primary amides is 1. The fraction of sp³-hybridized carbons (Fsp3) is 0.267. The predicted octanol–water partition coefficient (Wildman–Crippen LogP) is 2.54. The Bertz CT molecular complexity index is 633. The molecule has 0 aliphatic carbocycles. The molecule has 110 valence electrons. The lowest BCUT2D eigenvalue weighted by molar-refractivity contribution is -0.115. The van der Waals surface area contributed by atoms with Gasteiger partial charge in [-0.15, -0.1) is 11.8 Å². The van der Waals surface area contributed by atoms with E-state index in [0.29, 0.717) is 0 Å². The summed E-state index contributed by atoms with van der Waals surface area (Å²) in [6, 6.07) is 7.85. The number of aryl methyl sites for hydroxylation is 1. The number of thioether (sulfide) groups is 1. The van der Waals surface area contributed by atoms with Crippen LogP contribution in [-0.4, -0.2) is 21.6 Å². The smallest absolute Gasteiger partial charge is 0.227 e. The Morgan fingerprint density at radius 1 is 1.33 bits per heavy atom. The third kappa shape index (κ3) is 4.19. The number of benzene rings is 1. The van der Waals surface area contributed by atoms with Crippen molar-refractivity contribution in [1.29, 1.82) is 0 Å². The number of hydrogen-bond donors (Lipinski definition) is 2. The van der Waals surface area contributed by atoms with Crippen LogP contribution in [0.5, 0.6) is 0 Å². The molecule has 21 heavy (non-hydrogen) atoms. The van der Waals surface area contributed by atoms with Gasteiger partial charge in [0.25, 0.3) is 0 Å². The summed E-state index contributed by atoms with van der Waals surface area (Å²) in [7, 11) is 0. The first-order valence-electron chi connectivity index (χ1n) is 6.62. The summed E-state index contributed by atoms with van der Waals surface area (Å²) < 4.78 is 0. The molecule has 0 spiro atoms. The maximum Gasteiger partial charge on any atom is 0.227 e. The summed E-state index contributed by atoms with van der Waals surface area (Å²) in [6.07, 6.45) is 3.37. The number of nitrogens with one attached hydrogen (secondary N) is 1. The van der Waals surface area contributed by atoms with Gasteiger partial charge < -0.3 is 11.1 Å². The fourth-order valence-electron chi connectivity index (χ4n) is 2.01. The molecular weight excluding hydrogens is 284 g/mol. The number of anilines is 1. The van der Waals surface area contributed by atoms with Crippen LogP contribution in [0.4, 0.5) is 5.69 Å². The number of amides is 1. The van der Waals surface area contributed by atoms with Crippen molar-refractivity contribution in [1.82, 2.24) is 9.97 Å². The minimum atomic E-state index is -0.326. The predicted molar refractivity (Wildman–Crippen MR) is 85.2 cm³/mol. The fourth-order valence-corrected chi connectivity index (χ4v) is 2.76. The zero-order valence-electron chi connectivity index (χ0n) is 12.0. The molecule has 1 aromatic carbocycles. The lowest BCUT2D eigenvalue weighted by Crippen LogP contribution is -2.14. The zero-order valence-corrected chi connectivity index (χ0v) is 12.9. The van der Waals surface area contributed by atoms with Crippen LogP contribution >= 0.6 is 11.8 Å². The molecule has 0 fully saturated rings. The van der Waals surface area contributed by atoms with Crippen molar-refractivity contribution in [3.8, 4) is 0 Å². The first-order chi connectivity index (χ1) is 10.1. The number of para-hydroxylation sites is 1. The van der Waals surface area contributed by atoms with Crippen LogP contribution in [0.25, 0.3) is 0 Å². The van der Waals surface area contributed by atoms with Crippen molar-refractivity contribution in [3.05, 3.63) is 48.0 Å². The van der Waals surface area contributed by atoms with E-state index in [2.05, 4.69) is 15.3 Å². The Labute approximate surface area is 128 Å². The quantitative estimate of drug-likeness (QED) is 0.801. The van der Waals surface area contributed by atoms with Gasteiger partial charge in [-0.2, -0.15) is 0 Å². The van der Waals surface area contributed by atoms with E-state index >= 15 is 0 Å². The second-order valence-electron chi connectivity index (χ2n) is 4.64. The highest BCUT2D eigenvalue weighted by molar-refractivity contribution is 8.00. The van der Waals surface area contributed by atoms with Gasteiger partial charge in [0.05, 0.1) is 23.2 Å². The van der Waals surface area contributed by atoms with Gasteiger partial charge in [0.1, 0.15) is 0 Å². The molecule has 6 heteroatoms. The lowest BCUT2D eigenvalue weighted by atomic mass is 10.1. The van der Waals surface area contributed by atoms with Crippen molar-refractivity contribution in [2.24, 2.45) is 5.73 Å². The van der Waals surface area contributed by atoms with Crippen LogP contribution in [0.2, 0.25) is 0 Å². The molecule has 0 saturated heterocycles. The van der Waals surface area contributed by atoms with Gasteiger partial charge >= 0.3 is 0 Å². The molecule has 0 saturated carbocycles. The van der Waals surface area contributed by atoms with Gasteiger partial charge in [0, 0.05) is 23.0 Å². The van der Waals surface area contributed by atoms with E-state index < -0.39 is 0 Å². The average Bonchev–Trinajstić information content (AvgIpc) is 2.46. The lowest BCUT2D eigenvalue weighted by Gasteiger charge is -2.18. The Morgan fingerprint density at radius 2 is 2.05 bits per heavy atom. The van der Waals surface area contributed by atoms with Crippen LogP contribution < -0.4 is 11.1 Å². The molecule has 0 aliphatic rings. The number of aromatic nitrogens is 2. The van der Waals surface area contributed by atoms with Gasteiger partial charge in [-0.25, -0.2) is 0 Å². The standard InChI is InChI=1S/C15H18N4OS/c1-10-15(18-8-7-17-10)11(2)19-12-5-3-4-6-13(12)21-9-14(16)20/h3-8,11,19H,9H2,1-2H3,(H2,16,20). The van der Waals surface area contributed by atoms with Gasteiger partial charge in [0.15, 0.2) is 0 Å². The second-order valence-corrected chi connectivity index (χ2v) is 5.66. The van der Waals surface area contributed by atoms with E-state index in [4.69, 9.17) is 5.73 Å². The Morgan fingerprint density at radius 3 is 2.76 bits per heavy atom. The third-order valence-electron chi connectivity index (χ3n) is 2.96. The molecule has 0 aliphatic heterocycles. The summed E-state index contributed by atoms with van der Waals surface area (Å²) in [5.41, 5.74) is 7.98. The van der Waals surface area contributed by atoms with Crippen LogP contribution in [0, 0.1) is 6.92 Å². The van der Waals surface area contributed by atoms with Gasteiger partial charge in [-0.05, 0) is 26.0 Å². The summed E-state index contributed by atoms with van der Waals surface area (Å²) in [6.45, 7) is 3.97. The molecule has 1 atom stereocenters. The van der Waals surface area contributed by atoms with Crippen molar-refractivity contribution >= 4 is 23.4 Å². The van der Waals surface area contributed by atoms with Gasteiger partial charge in [-0.1, -0.05) is 12.1 Å². The topological polar surface area (TPSA) is 80.9 Å². The van der Waals surface area contributed by atoms with E-state index in [1.807, 2.05) is 38.1 Å². The summed E-state index contributed by atoms with van der Waals surface area (Å²) in [5, 5.41) is 3.42. The molecule has 3 N–H and O–H groups in total. The highest BCUT2D eigenvalue weighted by atomic mass is 32.2. The minimum Gasteiger partial charge on any atom is -0.376 e. The number of nitrogens with zero attached hydrogens (tertiary/aromatic N) is 2. The van der Waals surface area contributed by atoms with Crippen molar-refractivity contribution < 1.29 is 4.79 Å². The Hall–Kier alpha value is -2.08. The normalized spacial score (nSPS) is 11.9. The second kappa shape index (κ2) is 7.08. The van der Waals surface area contributed by atoms with E-state index in [1.165, 1.54) is 11.8 Å². The molecule has 1 unspecified atom stereocenters. The third-order valence-corrected chi connectivity index (χ3v) is 4.05. The van der Waals surface area contributed by atoms with E-state index in [1.54, 1.807) is 12.4 Å². The summed E-state index contributed by atoms with van der Waals surface area (Å²) in [4.78, 5) is 20.6. The van der Waals surface area contributed by atoms with E-state index in [0.717, 1.165) is 22.0 Å². The van der Waals surface area contributed by atoms with E-state index in [-0.39, 0.29) is 17.7 Å². The monoisotopic (exact) mass is 302 g/mol. The van der Waals surface area contributed by atoms with Crippen LogP contribution in [-0.2, 0) is 4.79 Å². The minimum absolute atomic E-state index is 0.0222. The number of rotatable bonds is 6. The Kier molecular flexibility index (Phi) is 5.16. The van der Waals surface area contributed by atoms with Crippen LogP contribution in [0.3, 0.4) is 0 Å². The van der Waals surface area contributed by atoms with Crippen molar-refractivity contribution in [3.63, 3.8) is 0 Å². The number of carbonyl (C=O) groups excluding carboxylic acids is 1. The molecule has 1 aromatic heterocycles. The Balaban J connectivity index is 2.15. The first kappa shape index (κ1) is 15.3. The van der Waals surface area contributed by atoms with Crippen molar-refractivity contribution in [2.45, 2.75) is 24.8 Å². The molecule has 1 amide bonds. The molecule has 0 radical (unpaired) electrons. The summed E-state index contributed by atoms with van der Waals surface area (Å²) >= 11 is 1.42. The number of carbonyl (C=O) groups is 1. The molecule has 1 heterocycles. The highest BCUT2D eigenvalue weighted by Gasteiger charge is 2.12. The largest absolute Gasteiger partial charge is 0.376 e. The van der Waals surface area contributed by atoms with Crippen LogP contribution in [0.1, 0.15) is 24.4 Å². The highest BCUT2D eigenvalue weighted by Crippen LogP contribution is 2.29. The van der Waals surface area contributed by atoms with Gasteiger partial charge in [-0.3, -0.25) is 14.8 Å². The van der Waals surface area contributed by atoms with Crippen molar-refractivity contribution in [2.75, 3.05) is 11.1 Å². The zero-order chi connectivity index (χ0) is 15.2. The first-order valence-corrected chi connectivity index (χ1v) is 7.60. The molecular formula is C15H18N4OS.